The maximum Gasteiger partial charge on any atom is 0.314 e. The minimum atomic E-state index is -0.664. The van der Waals surface area contributed by atoms with Crippen molar-refractivity contribution in [1.29, 1.82) is 0 Å². The molecule has 0 spiro atoms. The molecule has 0 amide bonds. The molecule has 9 heteroatoms. The summed E-state index contributed by atoms with van der Waals surface area (Å²) < 4.78 is 0. The van der Waals surface area contributed by atoms with E-state index in [0.717, 1.165) is 45.4 Å². The predicted molar refractivity (Wildman–Crippen MR) is 97.6 cm³/mol. The molecule has 1 aliphatic rings. The first-order valence-electron chi connectivity index (χ1n) is 7.69. The van der Waals surface area contributed by atoms with E-state index in [2.05, 4.69) is 17.1 Å². The molecule has 1 aromatic rings. The Balaban J connectivity index is 0.00000264. The molecule has 1 fully saturated rings. The predicted octanol–water partition coefficient (Wildman–Crippen LogP) is 2.99. The molecule has 1 atom stereocenters. The monoisotopic (exact) mass is 381 g/mol. The van der Waals surface area contributed by atoms with E-state index in [4.69, 9.17) is 0 Å². The summed E-state index contributed by atoms with van der Waals surface area (Å²) in [7, 11) is 0. The van der Waals surface area contributed by atoms with E-state index >= 15 is 0 Å². The fourth-order valence-electron chi connectivity index (χ4n) is 2.91. The molecule has 1 aromatic carbocycles. The van der Waals surface area contributed by atoms with Gasteiger partial charge >= 0.3 is 5.69 Å². The quantitative estimate of drug-likeness (QED) is 0.398. The lowest BCUT2D eigenvalue weighted by Gasteiger charge is -2.35. The molecule has 24 heavy (non-hydrogen) atoms. The van der Waals surface area contributed by atoms with Crippen molar-refractivity contribution in [3.63, 3.8) is 0 Å². The van der Waals surface area contributed by atoms with Crippen molar-refractivity contribution < 1.29 is 15.1 Å². The molecule has 0 bridgehead atoms. The minimum absolute atomic E-state index is 0. The van der Waals surface area contributed by atoms with Crippen molar-refractivity contribution in [3.05, 3.63) is 27.8 Å². The molecule has 0 aromatic heterocycles. The number of nitro benzene ring substituents is 1. The number of hydrogen-bond acceptors (Lipinski definition) is 6. The van der Waals surface area contributed by atoms with Crippen LogP contribution in [0.15, 0.2) is 12.1 Å². The molecule has 0 unspecified atom stereocenters. The smallest absolute Gasteiger partial charge is 0.314 e. The summed E-state index contributed by atoms with van der Waals surface area (Å²) in [5.74, 6) is -1.09. The van der Waals surface area contributed by atoms with E-state index in [-0.39, 0.29) is 30.9 Å². The second kappa shape index (κ2) is 10.6. The van der Waals surface area contributed by atoms with Crippen LogP contribution in [0.3, 0.4) is 0 Å². The summed E-state index contributed by atoms with van der Waals surface area (Å²) in [5.41, 5.74) is 0.254. The lowest BCUT2D eigenvalue weighted by atomic mass is 9.97. The molecule has 1 saturated heterocycles. The number of aromatic hydroxyl groups is 2. The Morgan fingerprint density at radius 1 is 1.29 bits per heavy atom. The second-order valence-corrected chi connectivity index (χ2v) is 5.61. The number of nitrogens with zero attached hydrogens (tertiary/aromatic N) is 2. The van der Waals surface area contributed by atoms with Crippen molar-refractivity contribution in [2.45, 2.75) is 32.2 Å². The van der Waals surface area contributed by atoms with Crippen LogP contribution in [0.25, 0.3) is 0 Å². The largest absolute Gasteiger partial charge is 0.504 e. The Kier molecular flexibility index (Phi) is 9.99. The highest BCUT2D eigenvalue weighted by molar-refractivity contribution is 5.85. The Morgan fingerprint density at radius 3 is 2.46 bits per heavy atom. The van der Waals surface area contributed by atoms with Gasteiger partial charge in [-0.25, -0.2) is 0 Å². The van der Waals surface area contributed by atoms with Crippen molar-refractivity contribution in [2.75, 3.05) is 26.2 Å². The topological polar surface area (TPSA) is 98.9 Å². The van der Waals surface area contributed by atoms with Crippen LogP contribution in [-0.2, 0) is 0 Å². The second-order valence-electron chi connectivity index (χ2n) is 5.61. The van der Waals surface area contributed by atoms with Crippen LogP contribution in [0, 0.1) is 10.1 Å². The normalized spacial score (nSPS) is 15.9. The van der Waals surface area contributed by atoms with Gasteiger partial charge in [-0.2, -0.15) is 0 Å². The highest BCUT2D eigenvalue weighted by Crippen LogP contribution is 2.40. The van der Waals surface area contributed by atoms with E-state index < -0.39 is 22.1 Å². The molecule has 0 saturated carbocycles. The summed E-state index contributed by atoms with van der Waals surface area (Å²) in [6.07, 6.45) is 2.91. The standard InChI is InChI=1S/C15H23N3O4.2ClH/c1-2-3-4-12(17-7-5-16-6-8-17)11-9-13(18(21)22)15(20)14(19)10-11;;/h9-10,12,16,19-20H,2-8H2,1H3;2*1H/t12-;;/m1../s1. The lowest BCUT2D eigenvalue weighted by molar-refractivity contribution is -0.386. The zero-order valence-electron chi connectivity index (χ0n) is 13.6. The van der Waals surface area contributed by atoms with Crippen LogP contribution in [0.5, 0.6) is 11.5 Å². The number of rotatable bonds is 6. The summed E-state index contributed by atoms with van der Waals surface area (Å²) in [5, 5.41) is 33.8. The number of phenolic OH excluding ortho intramolecular Hbond substituents is 2. The van der Waals surface area contributed by atoms with Crippen molar-refractivity contribution in [2.24, 2.45) is 0 Å². The Labute approximate surface area is 154 Å². The third-order valence-electron chi connectivity index (χ3n) is 4.10. The van der Waals surface area contributed by atoms with Gasteiger partial charge in [-0.1, -0.05) is 19.8 Å². The third-order valence-corrected chi connectivity index (χ3v) is 4.10. The van der Waals surface area contributed by atoms with Gasteiger partial charge in [0, 0.05) is 38.3 Å². The highest BCUT2D eigenvalue weighted by atomic mass is 35.5. The van der Waals surface area contributed by atoms with E-state index in [9.17, 15) is 20.3 Å². The maximum absolute atomic E-state index is 11.0. The highest BCUT2D eigenvalue weighted by Gasteiger charge is 2.26. The molecular formula is C15H25Cl2N3O4. The summed E-state index contributed by atoms with van der Waals surface area (Å²) in [4.78, 5) is 12.7. The van der Waals surface area contributed by atoms with Gasteiger partial charge < -0.3 is 15.5 Å². The van der Waals surface area contributed by atoms with Gasteiger partial charge in [0.05, 0.1) is 4.92 Å². The van der Waals surface area contributed by atoms with E-state index in [1.54, 1.807) is 0 Å². The number of nitrogens with one attached hydrogen (secondary N) is 1. The molecule has 1 heterocycles. The van der Waals surface area contributed by atoms with Gasteiger partial charge in [-0.15, -0.1) is 24.8 Å². The Hall–Kier alpha value is -1.28. The van der Waals surface area contributed by atoms with Crippen LogP contribution in [0.2, 0.25) is 0 Å². The number of benzene rings is 1. The minimum Gasteiger partial charge on any atom is -0.504 e. The average Bonchev–Trinajstić information content (AvgIpc) is 2.51. The van der Waals surface area contributed by atoms with Gasteiger partial charge in [0.25, 0.3) is 0 Å². The fraction of sp³-hybridized carbons (Fsp3) is 0.600. The number of unbranched alkanes of at least 4 members (excludes halogenated alkanes) is 1. The van der Waals surface area contributed by atoms with Crippen LogP contribution in [0.4, 0.5) is 5.69 Å². The van der Waals surface area contributed by atoms with Gasteiger partial charge in [0.1, 0.15) is 0 Å². The first kappa shape index (κ1) is 22.7. The molecule has 2 rings (SSSR count). The maximum atomic E-state index is 11.0. The SMILES string of the molecule is CCCC[C@H](c1cc(O)c(O)c([N+](=O)[O-])c1)N1CCNCC1.Cl.Cl. The number of nitro groups is 1. The molecule has 138 valence electrons. The zero-order valence-corrected chi connectivity index (χ0v) is 15.2. The van der Waals surface area contributed by atoms with Crippen LogP contribution in [0.1, 0.15) is 37.8 Å². The number of hydrogen-bond donors (Lipinski definition) is 3. The molecule has 3 N–H and O–H groups in total. The van der Waals surface area contributed by atoms with Crippen LogP contribution >= 0.6 is 24.8 Å². The third kappa shape index (κ3) is 5.37. The van der Waals surface area contributed by atoms with Crippen molar-refractivity contribution >= 4 is 30.5 Å². The van der Waals surface area contributed by atoms with Crippen LogP contribution in [-0.4, -0.2) is 46.2 Å². The molecule has 7 nitrogen and oxygen atoms in total. The van der Waals surface area contributed by atoms with Gasteiger partial charge in [-0.05, 0) is 18.1 Å². The Bertz CT molecular complexity index is 540. The van der Waals surface area contributed by atoms with E-state index in [1.807, 2.05) is 0 Å². The fourth-order valence-corrected chi connectivity index (χ4v) is 2.91. The Morgan fingerprint density at radius 2 is 1.92 bits per heavy atom. The number of piperazine rings is 1. The summed E-state index contributed by atoms with van der Waals surface area (Å²) >= 11 is 0. The van der Waals surface area contributed by atoms with Gasteiger partial charge in [0.15, 0.2) is 5.75 Å². The molecule has 0 aliphatic carbocycles. The molecule has 0 radical (unpaired) electrons. The molecule has 1 aliphatic heterocycles. The van der Waals surface area contributed by atoms with Crippen molar-refractivity contribution in [1.82, 2.24) is 10.2 Å². The first-order chi connectivity index (χ1) is 10.5. The first-order valence-corrected chi connectivity index (χ1v) is 7.69. The van der Waals surface area contributed by atoms with Gasteiger partial charge in [0.2, 0.25) is 5.75 Å². The van der Waals surface area contributed by atoms with Crippen LogP contribution < -0.4 is 5.32 Å². The summed E-state index contributed by atoms with van der Waals surface area (Å²) in [6, 6.07) is 2.86. The number of halogens is 2. The molecular weight excluding hydrogens is 357 g/mol. The summed E-state index contributed by atoms with van der Waals surface area (Å²) in [6.45, 7) is 5.60. The number of phenols is 2. The van der Waals surface area contributed by atoms with E-state index in [1.165, 1.54) is 12.1 Å². The lowest BCUT2D eigenvalue weighted by Crippen LogP contribution is -2.45. The van der Waals surface area contributed by atoms with Crippen molar-refractivity contribution in [3.8, 4) is 11.5 Å². The van der Waals surface area contributed by atoms with E-state index in [0.29, 0.717) is 5.56 Å². The van der Waals surface area contributed by atoms with Gasteiger partial charge in [-0.3, -0.25) is 15.0 Å². The zero-order chi connectivity index (χ0) is 16.1. The average molecular weight is 382 g/mol.